The lowest BCUT2D eigenvalue weighted by molar-refractivity contribution is -0.130. The van der Waals surface area contributed by atoms with Gasteiger partial charge in [0.15, 0.2) is 0 Å². The molecule has 1 fully saturated rings. The largest absolute Gasteiger partial charge is 0.368 e. The summed E-state index contributed by atoms with van der Waals surface area (Å²) in [6, 6.07) is 0. The van der Waals surface area contributed by atoms with Gasteiger partial charge in [-0.05, 0) is 30.6 Å². The Morgan fingerprint density at radius 1 is 1.31 bits per heavy atom. The third kappa shape index (κ3) is 3.78. The Bertz CT molecular complexity index is 212. The topological polar surface area (TPSA) is 38.3 Å². The van der Waals surface area contributed by atoms with Gasteiger partial charge in [-0.15, -0.1) is 0 Å². The minimum atomic E-state index is -0.194. The van der Waals surface area contributed by atoms with Crippen molar-refractivity contribution in [2.24, 2.45) is 17.8 Å². The highest BCUT2D eigenvalue weighted by Gasteiger charge is 2.25. The van der Waals surface area contributed by atoms with Gasteiger partial charge in [0.2, 0.25) is 5.91 Å². The molecule has 0 spiro atoms. The summed E-state index contributed by atoms with van der Waals surface area (Å²) in [5.74, 6) is 1.82. The van der Waals surface area contributed by atoms with Crippen molar-refractivity contribution in [2.75, 3.05) is 13.2 Å². The van der Waals surface area contributed by atoms with Crippen LogP contribution in [0.4, 0.5) is 0 Å². The Hall–Kier alpha value is -0.570. The third-order valence-electron chi connectivity index (χ3n) is 3.45. The maximum atomic E-state index is 11.8. The molecule has 0 radical (unpaired) electrons. The fraction of sp³-hybridized carbons (Fsp3) is 0.923. The van der Waals surface area contributed by atoms with Crippen LogP contribution in [0.3, 0.4) is 0 Å². The number of hydrogen-bond donors (Lipinski definition) is 1. The highest BCUT2D eigenvalue weighted by molar-refractivity contribution is 5.80. The summed E-state index contributed by atoms with van der Waals surface area (Å²) in [5, 5.41) is 3.02. The van der Waals surface area contributed by atoms with Crippen LogP contribution in [0.15, 0.2) is 0 Å². The second kappa shape index (κ2) is 6.24. The zero-order valence-electron chi connectivity index (χ0n) is 11.0. The Morgan fingerprint density at radius 2 is 1.94 bits per heavy atom. The van der Waals surface area contributed by atoms with Crippen LogP contribution in [-0.4, -0.2) is 25.2 Å². The Kier molecular flexibility index (Phi) is 5.26. The maximum absolute atomic E-state index is 11.8. The van der Waals surface area contributed by atoms with Crippen LogP contribution < -0.4 is 5.32 Å². The Morgan fingerprint density at radius 3 is 2.38 bits per heavy atom. The third-order valence-corrected chi connectivity index (χ3v) is 3.45. The quantitative estimate of drug-likeness (QED) is 0.782. The van der Waals surface area contributed by atoms with E-state index in [2.05, 4.69) is 33.0 Å². The van der Waals surface area contributed by atoms with Gasteiger partial charge < -0.3 is 10.1 Å². The fourth-order valence-electron chi connectivity index (χ4n) is 2.36. The van der Waals surface area contributed by atoms with Crippen LogP contribution in [0.25, 0.3) is 0 Å². The molecular formula is C13H25NO2. The Labute approximate surface area is 98.9 Å². The number of carbonyl (C=O) groups is 1. The van der Waals surface area contributed by atoms with Crippen molar-refractivity contribution in [1.82, 2.24) is 5.32 Å². The van der Waals surface area contributed by atoms with Crippen LogP contribution in [-0.2, 0) is 9.53 Å². The average Bonchev–Trinajstić information content (AvgIpc) is 2.69. The number of nitrogens with one attached hydrogen (secondary N) is 1. The summed E-state index contributed by atoms with van der Waals surface area (Å²) in [6.45, 7) is 10.3. The van der Waals surface area contributed by atoms with Gasteiger partial charge in [-0.2, -0.15) is 0 Å². The van der Waals surface area contributed by atoms with Crippen LogP contribution in [0.1, 0.15) is 40.5 Å². The van der Waals surface area contributed by atoms with Gasteiger partial charge >= 0.3 is 0 Å². The lowest BCUT2D eigenvalue weighted by atomic mass is 9.85. The van der Waals surface area contributed by atoms with E-state index in [0.29, 0.717) is 17.8 Å². The van der Waals surface area contributed by atoms with Gasteiger partial charge in [0.1, 0.15) is 6.10 Å². The van der Waals surface area contributed by atoms with Gasteiger partial charge in [0, 0.05) is 13.2 Å². The molecule has 0 bridgehead atoms. The molecule has 3 nitrogen and oxygen atoms in total. The molecule has 94 valence electrons. The zero-order chi connectivity index (χ0) is 12.1. The monoisotopic (exact) mass is 227 g/mol. The van der Waals surface area contributed by atoms with Crippen LogP contribution >= 0.6 is 0 Å². The molecule has 1 aliphatic rings. The van der Waals surface area contributed by atoms with E-state index in [9.17, 15) is 4.79 Å². The first kappa shape index (κ1) is 13.5. The van der Waals surface area contributed by atoms with E-state index in [1.54, 1.807) is 0 Å². The molecule has 1 heterocycles. The second-order valence-corrected chi connectivity index (χ2v) is 5.40. The number of hydrogen-bond acceptors (Lipinski definition) is 2. The van der Waals surface area contributed by atoms with E-state index in [4.69, 9.17) is 4.74 Å². The molecule has 1 rings (SSSR count). The molecule has 0 aliphatic carbocycles. The van der Waals surface area contributed by atoms with E-state index in [-0.39, 0.29) is 12.0 Å². The second-order valence-electron chi connectivity index (χ2n) is 5.40. The molecule has 1 amide bonds. The average molecular weight is 227 g/mol. The first-order valence-corrected chi connectivity index (χ1v) is 6.41. The maximum Gasteiger partial charge on any atom is 0.249 e. The summed E-state index contributed by atoms with van der Waals surface area (Å²) >= 11 is 0. The molecule has 1 atom stereocenters. The highest BCUT2D eigenvalue weighted by Crippen LogP contribution is 2.20. The minimum Gasteiger partial charge on any atom is -0.368 e. The number of amides is 1. The van der Waals surface area contributed by atoms with Gasteiger partial charge in [0.25, 0.3) is 0 Å². The molecule has 1 saturated heterocycles. The minimum absolute atomic E-state index is 0.0730. The molecular weight excluding hydrogens is 202 g/mol. The van der Waals surface area contributed by atoms with Gasteiger partial charge in [-0.1, -0.05) is 27.7 Å². The van der Waals surface area contributed by atoms with Crippen molar-refractivity contribution in [3.05, 3.63) is 0 Å². The van der Waals surface area contributed by atoms with E-state index in [0.717, 1.165) is 26.0 Å². The fourth-order valence-corrected chi connectivity index (χ4v) is 2.36. The molecule has 3 heteroatoms. The van der Waals surface area contributed by atoms with Gasteiger partial charge in [0.05, 0.1) is 0 Å². The molecule has 0 aromatic rings. The summed E-state index contributed by atoms with van der Waals surface area (Å²) in [6.07, 6.45) is 1.69. The van der Waals surface area contributed by atoms with Crippen molar-refractivity contribution in [3.63, 3.8) is 0 Å². The van der Waals surface area contributed by atoms with Crippen molar-refractivity contribution < 1.29 is 9.53 Å². The smallest absolute Gasteiger partial charge is 0.249 e. The molecule has 0 saturated carbocycles. The van der Waals surface area contributed by atoms with Gasteiger partial charge in [-0.3, -0.25) is 4.79 Å². The standard InChI is InChI=1S/C13H25NO2/c1-9(2)11(10(3)4)8-14-13(15)12-6-5-7-16-12/h9-12H,5-8H2,1-4H3,(H,14,15)/t12-/m1/s1. The number of rotatable bonds is 5. The van der Waals surface area contributed by atoms with Gasteiger partial charge in [-0.25, -0.2) is 0 Å². The van der Waals surface area contributed by atoms with Crippen molar-refractivity contribution in [2.45, 2.75) is 46.6 Å². The number of ether oxygens (including phenoxy) is 1. The lowest BCUT2D eigenvalue weighted by Gasteiger charge is -2.25. The highest BCUT2D eigenvalue weighted by atomic mass is 16.5. The van der Waals surface area contributed by atoms with Crippen molar-refractivity contribution in [3.8, 4) is 0 Å². The SMILES string of the molecule is CC(C)C(CNC(=O)[C@H]1CCCO1)C(C)C. The summed E-state index contributed by atoms with van der Waals surface area (Å²) in [7, 11) is 0. The molecule has 0 aromatic heterocycles. The normalized spacial score (nSPS) is 21.1. The van der Waals surface area contributed by atoms with E-state index in [1.807, 2.05) is 0 Å². The van der Waals surface area contributed by atoms with E-state index in [1.165, 1.54) is 0 Å². The first-order valence-electron chi connectivity index (χ1n) is 6.41. The van der Waals surface area contributed by atoms with Crippen molar-refractivity contribution in [1.29, 1.82) is 0 Å². The van der Waals surface area contributed by atoms with Crippen LogP contribution in [0.2, 0.25) is 0 Å². The summed E-state index contributed by atoms with van der Waals surface area (Å²) < 4.78 is 5.36. The van der Waals surface area contributed by atoms with Crippen LogP contribution in [0, 0.1) is 17.8 Å². The molecule has 1 N–H and O–H groups in total. The molecule has 1 aliphatic heterocycles. The molecule has 0 aromatic carbocycles. The van der Waals surface area contributed by atoms with E-state index < -0.39 is 0 Å². The zero-order valence-corrected chi connectivity index (χ0v) is 11.0. The van der Waals surface area contributed by atoms with Crippen LogP contribution in [0.5, 0.6) is 0 Å². The Balaban J connectivity index is 2.33. The molecule has 16 heavy (non-hydrogen) atoms. The molecule has 0 unspecified atom stereocenters. The predicted octanol–water partition coefficient (Wildman–Crippen LogP) is 2.21. The summed E-state index contributed by atoms with van der Waals surface area (Å²) in [5.41, 5.74) is 0. The predicted molar refractivity (Wildman–Crippen MR) is 65.1 cm³/mol. The number of carbonyl (C=O) groups excluding carboxylic acids is 1. The lowest BCUT2D eigenvalue weighted by Crippen LogP contribution is -2.39. The summed E-state index contributed by atoms with van der Waals surface area (Å²) in [4.78, 5) is 11.8. The first-order chi connectivity index (χ1) is 7.52. The van der Waals surface area contributed by atoms with Crippen molar-refractivity contribution >= 4 is 5.91 Å². The van der Waals surface area contributed by atoms with E-state index >= 15 is 0 Å².